The number of fused-ring (bicyclic) bond motifs is 1. The molecule has 3 aromatic carbocycles. The summed E-state index contributed by atoms with van der Waals surface area (Å²) in [7, 11) is 0. The Balaban J connectivity index is 1.52. The average Bonchev–Trinajstić information content (AvgIpc) is 3.16. The number of nitrogens with one attached hydrogen (secondary N) is 1. The molecule has 1 amide bonds. The number of benzene rings is 3. The summed E-state index contributed by atoms with van der Waals surface area (Å²) in [6, 6.07) is 17.7. The molecule has 4 N–H and O–H groups in total. The molecular formula is C23H18Cl2N4O2. The van der Waals surface area contributed by atoms with E-state index in [0.29, 0.717) is 22.2 Å². The first kappa shape index (κ1) is 20.8. The van der Waals surface area contributed by atoms with E-state index in [4.69, 9.17) is 28.9 Å². The number of anilines is 1. The van der Waals surface area contributed by atoms with E-state index in [1.165, 1.54) is 18.2 Å². The second-order valence-electron chi connectivity index (χ2n) is 6.94. The van der Waals surface area contributed by atoms with Gasteiger partial charge in [-0.15, -0.1) is 0 Å². The second kappa shape index (κ2) is 8.71. The summed E-state index contributed by atoms with van der Waals surface area (Å²) in [5.41, 5.74) is 11.5. The minimum Gasteiger partial charge on any atom is -0.506 e. The van der Waals surface area contributed by atoms with E-state index >= 15 is 0 Å². The van der Waals surface area contributed by atoms with Crippen molar-refractivity contribution >= 4 is 51.9 Å². The van der Waals surface area contributed by atoms with E-state index in [-0.39, 0.29) is 11.4 Å². The monoisotopic (exact) mass is 452 g/mol. The summed E-state index contributed by atoms with van der Waals surface area (Å²) in [4.78, 5) is 12.2. The third kappa shape index (κ3) is 4.50. The first-order valence-corrected chi connectivity index (χ1v) is 10.1. The molecule has 0 bridgehead atoms. The van der Waals surface area contributed by atoms with Gasteiger partial charge in [0.05, 0.1) is 21.9 Å². The zero-order chi connectivity index (χ0) is 22.0. The van der Waals surface area contributed by atoms with Crippen molar-refractivity contribution in [2.45, 2.75) is 6.54 Å². The number of carbonyl (C=O) groups excluding carboxylic acids is 1. The van der Waals surface area contributed by atoms with Gasteiger partial charge in [0.15, 0.2) is 0 Å². The Hall–Kier alpha value is -3.48. The van der Waals surface area contributed by atoms with Crippen LogP contribution in [0.15, 0.2) is 72.0 Å². The lowest BCUT2D eigenvalue weighted by molar-refractivity contribution is 0.0955. The number of nitrogens with zero attached hydrogens (tertiary/aromatic N) is 2. The number of hydrogen-bond acceptors (Lipinski definition) is 4. The van der Waals surface area contributed by atoms with Crippen LogP contribution in [0.25, 0.3) is 10.9 Å². The standard InChI is InChI=1S/C23H18Cl2N4O2/c24-18-6-4-14(10-19(18)25)13-29-9-8-17-16(2-1-3-21(17)29)12-27-28-23(31)15-5-7-22(30)20(26)11-15/h1-12,30H,13,26H2,(H,28,31)/b27-12+. The molecule has 0 unspecified atom stereocenters. The Morgan fingerprint density at radius 2 is 1.94 bits per heavy atom. The molecule has 1 aromatic heterocycles. The Kier molecular flexibility index (Phi) is 5.84. The lowest BCUT2D eigenvalue weighted by Crippen LogP contribution is -2.17. The van der Waals surface area contributed by atoms with Crippen molar-refractivity contribution in [2.24, 2.45) is 5.10 Å². The van der Waals surface area contributed by atoms with Gasteiger partial charge in [0.25, 0.3) is 5.91 Å². The minimum atomic E-state index is -0.424. The van der Waals surface area contributed by atoms with Crippen molar-refractivity contribution in [1.29, 1.82) is 0 Å². The first-order chi connectivity index (χ1) is 14.9. The maximum Gasteiger partial charge on any atom is 0.271 e. The summed E-state index contributed by atoms with van der Waals surface area (Å²) in [6.45, 7) is 0.639. The van der Waals surface area contributed by atoms with E-state index in [9.17, 15) is 9.90 Å². The molecule has 0 aliphatic rings. The van der Waals surface area contributed by atoms with Crippen molar-refractivity contribution in [2.75, 3.05) is 5.73 Å². The van der Waals surface area contributed by atoms with Gasteiger partial charge in [-0.05, 0) is 48.0 Å². The van der Waals surface area contributed by atoms with Crippen LogP contribution >= 0.6 is 23.2 Å². The molecule has 0 aliphatic heterocycles. The first-order valence-electron chi connectivity index (χ1n) is 9.36. The number of aromatic hydroxyl groups is 1. The number of rotatable bonds is 5. The molecule has 0 saturated heterocycles. The number of carbonyl (C=O) groups is 1. The van der Waals surface area contributed by atoms with Gasteiger partial charge >= 0.3 is 0 Å². The highest BCUT2D eigenvalue weighted by Crippen LogP contribution is 2.25. The highest BCUT2D eigenvalue weighted by atomic mass is 35.5. The van der Waals surface area contributed by atoms with Gasteiger partial charge in [-0.2, -0.15) is 5.10 Å². The molecule has 0 atom stereocenters. The van der Waals surface area contributed by atoms with Gasteiger partial charge in [-0.25, -0.2) is 5.43 Å². The van der Waals surface area contributed by atoms with Crippen molar-refractivity contribution in [1.82, 2.24) is 9.99 Å². The van der Waals surface area contributed by atoms with Crippen molar-refractivity contribution < 1.29 is 9.90 Å². The van der Waals surface area contributed by atoms with Crippen LogP contribution in [0, 0.1) is 0 Å². The molecule has 0 saturated carbocycles. The highest BCUT2D eigenvalue weighted by Gasteiger charge is 2.08. The van der Waals surface area contributed by atoms with E-state index in [1.807, 2.05) is 42.6 Å². The molecule has 4 rings (SSSR count). The van der Waals surface area contributed by atoms with Crippen molar-refractivity contribution in [3.05, 3.63) is 93.6 Å². The third-order valence-electron chi connectivity index (χ3n) is 4.84. The Morgan fingerprint density at radius 1 is 1.10 bits per heavy atom. The summed E-state index contributed by atoms with van der Waals surface area (Å²) < 4.78 is 2.10. The number of nitrogens with two attached hydrogens (primary N) is 1. The van der Waals surface area contributed by atoms with Gasteiger partial charge < -0.3 is 15.4 Å². The van der Waals surface area contributed by atoms with Gasteiger partial charge in [0.1, 0.15) is 5.75 Å². The predicted octanol–water partition coefficient (Wildman–Crippen LogP) is 5.05. The van der Waals surface area contributed by atoms with E-state index in [1.54, 1.807) is 12.3 Å². The molecule has 31 heavy (non-hydrogen) atoms. The van der Waals surface area contributed by atoms with Gasteiger partial charge in [-0.3, -0.25) is 4.79 Å². The smallest absolute Gasteiger partial charge is 0.271 e. The Morgan fingerprint density at radius 3 is 2.71 bits per heavy atom. The molecule has 0 fully saturated rings. The number of nitrogen functional groups attached to an aromatic ring is 1. The molecule has 8 heteroatoms. The van der Waals surface area contributed by atoms with Crippen LogP contribution in [0.5, 0.6) is 5.75 Å². The van der Waals surface area contributed by atoms with Crippen LogP contribution in [-0.4, -0.2) is 21.8 Å². The predicted molar refractivity (Wildman–Crippen MR) is 125 cm³/mol. The molecule has 4 aromatic rings. The van der Waals surface area contributed by atoms with E-state index in [2.05, 4.69) is 15.1 Å². The number of amides is 1. The van der Waals surface area contributed by atoms with E-state index in [0.717, 1.165) is 22.0 Å². The molecule has 1 heterocycles. The maximum atomic E-state index is 12.2. The quantitative estimate of drug-likeness (QED) is 0.171. The summed E-state index contributed by atoms with van der Waals surface area (Å²) in [6.07, 6.45) is 3.58. The fourth-order valence-corrected chi connectivity index (χ4v) is 3.57. The minimum absolute atomic E-state index is 0.0721. The number of phenolic OH excluding ortho intramolecular Hbond substituents is 1. The molecule has 0 spiro atoms. The van der Waals surface area contributed by atoms with Crippen LogP contribution in [0.2, 0.25) is 10.0 Å². The fourth-order valence-electron chi connectivity index (χ4n) is 3.25. The third-order valence-corrected chi connectivity index (χ3v) is 5.58. The van der Waals surface area contributed by atoms with Gasteiger partial charge in [0, 0.05) is 34.8 Å². The molecule has 156 valence electrons. The van der Waals surface area contributed by atoms with Crippen LogP contribution < -0.4 is 11.2 Å². The lowest BCUT2D eigenvalue weighted by atomic mass is 10.1. The average molecular weight is 453 g/mol. The van der Waals surface area contributed by atoms with Crippen molar-refractivity contribution in [3.8, 4) is 5.75 Å². The summed E-state index contributed by atoms with van der Waals surface area (Å²) in [5, 5.41) is 15.6. The lowest BCUT2D eigenvalue weighted by Gasteiger charge is -2.07. The summed E-state index contributed by atoms with van der Waals surface area (Å²) >= 11 is 12.1. The topological polar surface area (TPSA) is 92.6 Å². The molecular weight excluding hydrogens is 435 g/mol. The SMILES string of the molecule is Nc1cc(C(=O)N/N=C/c2cccc3c2ccn3Cc2ccc(Cl)c(Cl)c2)ccc1O. The van der Waals surface area contributed by atoms with Gasteiger partial charge in [-0.1, -0.05) is 41.4 Å². The van der Waals surface area contributed by atoms with E-state index < -0.39 is 5.91 Å². The molecule has 0 radical (unpaired) electrons. The zero-order valence-electron chi connectivity index (χ0n) is 16.2. The Labute approximate surface area is 188 Å². The number of aromatic nitrogens is 1. The summed E-state index contributed by atoms with van der Waals surface area (Å²) in [5.74, 6) is -0.496. The van der Waals surface area contributed by atoms with Crippen LogP contribution in [0.1, 0.15) is 21.5 Å². The highest BCUT2D eigenvalue weighted by molar-refractivity contribution is 6.42. The largest absolute Gasteiger partial charge is 0.506 e. The normalized spacial score (nSPS) is 11.3. The van der Waals surface area contributed by atoms with Crippen LogP contribution in [0.3, 0.4) is 0 Å². The number of hydrogen-bond donors (Lipinski definition) is 3. The number of phenols is 1. The molecule has 0 aliphatic carbocycles. The Bertz CT molecular complexity index is 1310. The van der Waals surface area contributed by atoms with Crippen LogP contribution in [0.4, 0.5) is 5.69 Å². The fraction of sp³-hybridized carbons (Fsp3) is 0.0435. The van der Waals surface area contributed by atoms with Crippen molar-refractivity contribution in [3.63, 3.8) is 0 Å². The second-order valence-corrected chi connectivity index (χ2v) is 7.76. The molecule has 6 nitrogen and oxygen atoms in total. The van der Waals surface area contributed by atoms with Crippen LogP contribution in [-0.2, 0) is 6.54 Å². The number of hydrazone groups is 1. The van der Waals surface area contributed by atoms with Gasteiger partial charge in [0.2, 0.25) is 0 Å². The number of halogens is 2. The zero-order valence-corrected chi connectivity index (χ0v) is 17.7. The maximum absolute atomic E-state index is 12.2.